The van der Waals surface area contributed by atoms with E-state index in [2.05, 4.69) is 38.5 Å². The number of aliphatic hydroxyl groups excluding tert-OH is 1. The molecule has 9 N–H and O–H groups in total. The highest BCUT2D eigenvalue weighted by Crippen LogP contribution is 2.39. The number of hydrogen-bond donors (Lipinski definition) is 6. The van der Waals surface area contributed by atoms with Gasteiger partial charge in [0.1, 0.15) is 59.6 Å². The number of ketones is 3. The van der Waals surface area contributed by atoms with Gasteiger partial charge in [-0.15, -0.1) is 0 Å². The number of fused-ring (bicyclic) bond motifs is 6. The van der Waals surface area contributed by atoms with Crippen LogP contribution < -0.4 is 22.5 Å². The van der Waals surface area contributed by atoms with Crippen molar-refractivity contribution in [3.05, 3.63) is 107 Å². The summed E-state index contributed by atoms with van der Waals surface area (Å²) in [6.45, 7) is 18.1. The second-order valence-electron chi connectivity index (χ2n) is 33.6. The molecular weight excluding hydrogens is 1640 g/mol. The first-order valence-corrected chi connectivity index (χ1v) is 44.6. The van der Waals surface area contributed by atoms with Crippen LogP contribution in [0.2, 0.25) is 0 Å². The molecule has 3 fully saturated rings. The van der Waals surface area contributed by atoms with Crippen LogP contribution in [0.1, 0.15) is 142 Å². The van der Waals surface area contributed by atoms with E-state index in [0.29, 0.717) is 203 Å². The second kappa shape index (κ2) is 50.9. The summed E-state index contributed by atoms with van der Waals surface area (Å²) < 4.78 is 88.0. The number of methoxy groups -OCH3 is 3. The van der Waals surface area contributed by atoms with Crippen LogP contribution in [0.5, 0.6) is 0 Å². The number of oxazole rings is 1. The highest BCUT2D eigenvalue weighted by molar-refractivity contribution is 6.39. The molecule has 3 aromatic heterocycles. The zero-order valence-corrected chi connectivity index (χ0v) is 75.1. The Kier molecular flexibility index (Phi) is 40.2. The van der Waals surface area contributed by atoms with Crippen LogP contribution in [-0.4, -0.2) is 293 Å². The number of carbonyl (C=O) groups is 7. The number of esters is 1. The standard InChI is InChI=1S/C92H133N11O24/c1-58-15-11-10-12-16-59(2)76(113-7)53-69-23-18-63(6)92(112,127-69)85(108)88(109)102-29-14-13-17-72(102)89(110)124-77(54-73(104)60(3)48-62(5)83(107)84(115-9)82(106)61(4)47-58)70(93)50-64-20-24-75(78(51-64)114-8)126-91(111)96-28-32-117-34-36-119-38-40-121-42-44-123-46-45-122-43-41-120-39-37-118-35-33-116-31-27-79(105)101-30-26-66-49-65(19-21-68(66)56-101)55-103-87-80(86(94)97-57-98-87)81(100-103)67-22-25-74-71(52-67)99-90(95)125-74/h10-12,15-16,19,21-22,25,48-49,52,57-58,60-61,63-64,69-70,72,75-78,83-84,107,112H,13-14,17-18,20,23-24,26-47,50-51,53-56,93H2,1-9H3,(H2,95,99)(H,96,111)(H2,94,97,98)/b12-10+,15-11+,59-16+,62-48+/t58-,60-,61-,63-,64+,69+,70-,72+,75-,76+,77+,78-,83-,84+,92-/m1/s1. The van der Waals surface area contributed by atoms with Crippen LogP contribution in [0.25, 0.3) is 33.4 Å². The molecule has 10 rings (SSSR count). The summed E-state index contributed by atoms with van der Waals surface area (Å²) >= 11 is 0. The molecule has 0 unspecified atom stereocenters. The quantitative estimate of drug-likeness (QED) is 0.00952. The number of cyclic esters (lactones) is 1. The van der Waals surface area contributed by atoms with Crippen LogP contribution in [0.4, 0.5) is 16.6 Å². The zero-order chi connectivity index (χ0) is 90.9. The van der Waals surface area contributed by atoms with E-state index in [4.69, 9.17) is 93.0 Å². The van der Waals surface area contributed by atoms with Gasteiger partial charge in [-0.2, -0.15) is 10.1 Å². The lowest BCUT2D eigenvalue weighted by Crippen LogP contribution is -2.61. The lowest BCUT2D eigenvalue weighted by atomic mass is 9.80. The molecule has 0 radical (unpaired) electrons. The number of benzene rings is 2. The third kappa shape index (κ3) is 29.3. The molecule has 0 spiro atoms. The van der Waals surface area contributed by atoms with Crippen molar-refractivity contribution in [2.75, 3.05) is 158 Å². The Hall–Kier alpha value is -8.89. The summed E-state index contributed by atoms with van der Waals surface area (Å²) in [6, 6.07) is 9.69. The lowest BCUT2D eigenvalue weighted by molar-refractivity contribution is -0.265. The number of ether oxygens (including phenoxy) is 14. The smallest absolute Gasteiger partial charge is 0.407 e. The maximum atomic E-state index is 14.7. The summed E-state index contributed by atoms with van der Waals surface area (Å²) in [4.78, 5) is 114. The third-order valence-corrected chi connectivity index (χ3v) is 24.2. The van der Waals surface area contributed by atoms with Gasteiger partial charge in [0, 0.05) is 89.7 Å². The highest BCUT2D eigenvalue weighted by Gasteiger charge is 2.53. The summed E-state index contributed by atoms with van der Waals surface area (Å²) in [5.74, 6) is -8.33. The Morgan fingerprint density at radius 2 is 1.39 bits per heavy atom. The number of nitrogens with two attached hydrogens (primary N) is 3. The van der Waals surface area contributed by atoms with Gasteiger partial charge in [0.15, 0.2) is 17.0 Å². The molecule has 1 saturated carbocycles. The molecule has 2 saturated heterocycles. The topological polar surface area (TPSA) is 455 Å². The number of aromatic nitrogens is 5. The van der Waals surface area contributed by atoms with Gasteiger partial charge >= 0.3 is 12.1 Å². The Balaban J connectivity index is 0.552. The fraction of sp³-hybridized carbons (Fsp3) is 0.641. The molecule has 35 heteroatoms. The van der Waals surface area contributed by atoms with Crippen molar-refractivity contribution >= 4 is 75.2 Å². The third-order valence-electron chi connectivity index (χ3n) is 24.2. The minimum atomic E-state index is -2.50. The molecule has 4 aliphatic heterocycles. The van der Waals surface area contributed by atoms with Crippen LogP contribution >= 0.6 is 0 Å². The monoisotopic (exact) mass is 1780 g/mol. The van der Waals surface area contributed by atoms with Crippen molar-refractivity contribution in [1.82, 2.24) is 39.8 Å². The summed E-state index contributed by atoms with van der Waals surface area (Å²) in [5, 5.41) is 32.1. The van der Waals surface area contributed by atoms with Gasteiger partial charge in [-0.3, -0.25) is 24.0 Å². The van der Waals surface area contributed by atoms with Crippen molar-refractivity contribution < 1.29 is 115 Å². The maximum Gasteiger partial charge on any atom is 0.407 e. The number of Topliss-reactive ketones (excluding diaryl/α,β-unsaturated/α-hetero) is 3. The van der Waals surface area contributed by atoms with Gasteiger partial charge in [-0.1, -0.05) is 82.4 Å². The number of rotatable bonds is 37. The predicted octanol–water partition coefficient (Wildman–Crippen LogP) is 7.87. The first kappa shape index (κ1) is 100. The molecule has 700 valence electrons. The van der Waals surface area contributed by atoms with Crippen molar-refractivity contribution in [3.63, 3.8) is 0 Å². The molecule has 2 bridgehead atoms. The molecule has 5 aliphatic rings. The van der Waals surface area contributed by atoms with E-state index in [-0.39, 0.29) is 87.9 Å². The molecule has 2 aromatic carbocycles. The number of nitrogens with zero attached hydrogens (tertiary/aromatic N) is 7. The molecular formula is C92H133N11O24. The van der Waals surface area contributed by atoms with Crippen LogP contribution in [0.15, 0.2) is 94.7 Å². The number of hydrogen-bond acceptors (Lipinski definition) is 31. The average molecular weight is 1780 g/mol. The fourth-order valence-electron chi connectivity index (χ4n) is 16.9. The number of piperidine rings is 1. The molecule has 15 atom stereocenters. The van der Waals surface area contributed by atoms with Gasteiger partial charge in [0.05, 0.1) is 142 Å². The summed E-state index contributed by atoms with van der Waals surface area (Å²) in [7, 11) is 4.43. The Labute approximate surface area is 743 Å². The molecule has 5 aromatic rings. The summed E-state index contributed by atoms with van der Waals surface area (Å²) in [6.07, 6.45) is 10.6. The van der Waals surface area contributed by atoms with Crippen molar-refractivity contribution in [2.24, 2.45) is 35.3 Å². The minimum Gasteiger partial charge on any atom is -0.459 e. The van der Waals surface area contributed by atoms with Gasteiger partial charge in [-0.25, -0.2) is 24.2 Å². The maximum absolute atomic E-state index is 14.7. The fourth-order valence-corrected chi connectivity index (χ4v) is 16.9. The Morgan fingerprint density at radius 3 is 2.06 bits per heavy atom. The number of amides is 3. The molecule has 3 amide bonds. The van der Waals surface area contributed by atoms with Crippen molar-refractivity contribution in [2.45, 2.75) is 205 Å². The minimum absolute atomic E-state index is 0.00803. The van der Waals surface area contributed by atoms with Gasteiger partial charge in [-0.05, 0) is 142 Å². The predicted molar refractivity (Wildman–Crippen MR) is 469 cm³/mol. The number of nitrogens with one attached hydrogen (secondary N) is 1. The molecule has 127 heavy (non-hydrogen) atoms. The van der Waals surface area contributed by atoms with E-state index in [1.165, 1.54) is 26.1 Å². The van der Waals surface area contributed by atoms with Gasteiger partial charge in [0.25, 0.3) is 17.7 Å². The Bertz CT molecular complexity index is 4520. The van der Waals surface area contributed by atoms with Crippen LogP contribution in [0, 0.1) is 29.6 Å². The first-order valence-electron chi connectivity index (χ1n) is 44.6. The van der Waals surface area contributed by atoms with E-state index in [9.17, 15) is 43.8 Å². The zero-order valence-electron chi connectivity index (χ0n) is 75.1. The number of aliphatic hydroxyl groups is 2. The largest absolute Gasteiger partial charge is 0.459 e. The van der Waals surface area contributed by atoms with Crippen LogP contribution in [0.3, 0.4) is 0 Å². The van der Waals surface area contributed by atoms with Crippen LogP contribution in [-0.2, 0) is 115 Å². The normalized spacial score (nSPS) is 27.0. The molecule has 1 aliphatic carbocycles. The first-order chi connectivity index (χ1) is 61.3. The number of allylic oxidation sites excluding steroid dienone is 6. The molecule has 7 heterocycles. The van der Waals surface area contributed by atoms with Crippen molar-refractivity contribution in [1.29, 1.82) is 0 Å². The number of carbonyl (C=O) groups excluding carboxylic acids is 7. The number of nitrogen functional groups attached to an aromatic ring is 2. The van der Waals surface area contributed by atoms with E-state index < -0.39 is 108 Å². The SMILES string of the molecule is CO[C@H]1C[C@@H]2CC[C@@H](C)[C@@](O)(O2)C(=O)C(=O)N2CCCC[C@H]2C(=O)O[C@H]([C@H](N)C[C@@H]2CC[C@@H](OC(=O)NCCOCCOCCOCCOCCOCCOCCOCCOCCC(=O)N3CCc4cc(Cn5nc(-c6ccc7oc(N)nc7c6)c6c(N)ncnc65)ccc4C3)[C@H](OC)C2)CC(=O)[C@H](C)/C=C(\C)[C@@H](O)[C@@H](OC)C(=O)[C@H](C)C[C@H](C)/C=C/C=C/C=C/1C. The van der Waals surface area contributed by atoms with Crippen molar-refractivity contribution in [3.8, 4) is 11.3 Å². The van der Waals surface area contributed by atoms with E-state index in [1.54, 1.807) is 46.9 Å². The van der Waals surface area contributed by atoms with E-state index in [1.807, 2.05) is 65.9 Å². The summed E-state index contributed by atoms with van der Waals surface area (Å²) in [5.41, 5.74) is 26.9. The highest BCUT2D eigenvalue weighted by atomic mass is 16.6. The van der Waals surface area contributed by atoms with E-state index >= 15 is 0 Å². The molecule has 35 nitrogen and oxygen atoms in total. The van der Waals surface area contributed by atoms with Gasteiger partial charge in [0.2, 0.25) is 11.7 Å². The van der Waals surface area contributed by atoms with Gasteiger partial charge < -0.3 is 113 Å². The average Bonchev–Trinajstić information content (AvgIpc) is 1.71. The lowest BCUT2D eigenvalue weighted by Gasteiger charge is -2.42. The van der Waals surface area contributed by atoms with E-state index in [0.717, 1.165) is 33.6 Å². The Morgan fingerprint density at radius 1 is 0.709 bits per heavy atom. The number of anilines is 2. The number of alkyl carbamates (subject to hydrolysis) is 1. The second-order valence-corrected chi connectivity index (χ2v) is 33.6.